The van der Waals surface area contributed by atoms with Crippen LogP contribution in [-0.4, -0.2) is 16.1 Å². The van der Waals surface area contributed by atoms with Gasteiger partial charge in [-0.2, -0.15) is 0 Å². The number of fused-ring (bicyclic) bond motifs is 5. The summed E-state index contributed by atoms with van der Waals surface area (Å²) < 4.78 is 0. The molecule has 2 aliphatic rings. The highest BCUT2D eigenvalue weighted by Crippen LogP contribution is 2.65. The molecule has 3 atom stereocenters. The van der Waals surface area contributed by atoms with Gasteiger partial charge in [0.25, 0.3) is 0 Å². The summed E-state index contributed by atoms with van der Waals surface area (Å²) in [7, 11) is 0. The van der Waals surface area contributed by atoms with E-state index in [0.717, 1.165) is 24.3 Å². The summed E-state index contributed by atoms with van der Waals surface area (Å²) in [4.78, 5) is 14.2. The number of hydrogen-bond acceptors (Lipinski definition) is 4. The number of hydrogen-bond donors (Lipinski definition) is 0. The average molecular weight is 413 g/mol. The molecule has 0 amide bonds. The van der Waals surface area contributed by atoms with Gasteiger partial charge in [-0.25, -0.2) is 9.97 Å². The first-order valence-corrected chi connectivity index (χ1v) is 11.7. The summed E-state index contributed by atoms with van der Waals surface area (Å²) in [5.74, 6) is 1.00. The van der Waals surface area contributed by atoms with Crippen molar-refractivity contribution in [3.63, 3.8) is 0 Å². The Balaban J connectivity index is 1.86. The van der Waals surface area contributed by atoms with Gasteiger partial charge in [0.15, 0.2) is 5.82 Å². The first-order chi connectivity index (χ1) is 15.1. The van der Waals surface area contributed by atoms with Crippen molar-refractivity contribution in [2.24, 2.45) is 5.41 Å². The van der Waals surface area contributed by atoms with Crippen molar-refractivity contribution in [3.8, 4) is 0 Å². The Morgan fingerprint density at radius 3 is 2.32 bits per heavy atom. The monoisotopic (exact) mass is 412 g/mol. The molecule has 0 fully saturated rings. The van der Waals surface area contributed by atoms with E-state index in [1.165, 1.54) is 29.8 Å². The standard InChI is InChI=1S/C27H32N4/c1-5-17-27(7-3)21-15-11-12-16-22(21)31-23-18-28-19-29-24(23)30(20-13-9-8-10-14-20)25(31)26(27,4)6-2/h8-16,18-19,25H,5-7,17H2,1-4H3. The molecule has 5 rings (SSSR count). The smallest absolute Gasteiger partial charge is 0.162 e. The third-order valence-corrected chi connectivity index (χ3v) is 8.04. The Morgan fingerprint density at radius 1 is 0.871 bits per heavy atom. The van der Waals surface area contributed by atoms with Gasteiger partial charge in [0.2, 0.25) is 0 Å². The zero-order valence-electron chi connectivity index (χ0n) is 19.0. The van der Waals surface area contributed by atoms with E-state index in [1.54, 1.807) is 6.33 Å². The molecule has 1 aromatic heterocycles. The van der Waals surface area contributed by atoms with Crippen LogP contribution in [0.5, 0.6) is 0 Å². The minimum absolute atomic E-state index is 0.0165. The van der Waals surface area contributed by atoms with Crippen LogP contribution >= 0.6 is 0 Å². The molecule has 0 saturated carbocycles. The summed E-state index contributed by atoms with van der Waals surface area (Å²) >= 11 is 0. The average Bonchev–Trinajstić information content (AvgIpc) is 3.18. The van der Waals surface area contributed by atoms with Crippen LogP contribution in [0, 0.1) is 5.41 Å². The summed E-state index contributed by atoms with van der Waals surface area (Å²) in [5.41, 5.74) is 5.19. The van der Waals surface area contributed by atoms with Crippen molar-refractivity contribution in [3.05, 3.63) is 72.7 Å². The number of benzene rings is 2. The van der Waals surface area contributed by atoms with E-state index in [1.807, 2.05) is 6.20 Å². The Kier molecular flexibility index (Phi) is 4.76. The fourth-order valence-corrected chi connectivity index (χ4v) is 6.50. The molecule has 0 saturated heterocycles. The lowest BCUT2D eigenvalue weighted by atomic mass is 9.52. The van der Waals surface area contributed by atoms with E-state index in [2.05, 4.69) is 97.1 Å². The molecule has 4 heteroatoms. The van der Waals surface area contributed by atoms with Crippen LogP contribution in [0.25, 0.3) is 0 Å². The molecule has 2 aliphatic heterocycles. The minimum atomic E-state index is 0.0165. The lowest BCUT2D eigenvalue weighted by Crippen LogP contribution is -2.63. The lowest BCUT2D eigenvalue weighted by molar-refractivity contribution is 0.0724. The quantitative estimate of drug-likeness (QED) is 0.453. The Bertz CT molecular complexity index is 1080. The van der Waals surface area contributed by atoms with Gasteiger partial charge in [-0.15, -0.1) is 0 Å². The van der Waals surface area contributed by atoms with E-state index >= 15 is 0 Å². The van der Waals surface area contributed by atoms with Gasteiger partial charge in [-0.3, -0.25) is 0 Å². The molecule has 3 unspecified atom stereocenters. The van der Waals surface area contributed by atoms with Crippen LogP contribution in [0.1, 0.15) is 58.9 Å². The highest BCUT2D eigenvalue weighted by atomic mass is 15.5. The Hall–Kier alpha value is -2.88. The molecule has 0 spiro atoms. The maximum atomic E-state index is 4.81. The summed E-state index contributed by atoms with van der Waals surface area (Å²) in [6.45, 7) is 9.58. The maximum absolute atomic E-state index is 4.81. The second-order valence-corrected chi connectivity index (χ2v) is 9.15. The summed E-state index contributed by atoms with van der Waals surface area (Å²) in [6.07, 6.45) is 8.37. The van der Waals surface area contributed by atoms with Crippen LogP contribution < -0.4 is 9.80 Å². The van der Waals surface area contributed by atoms with Crippen LogP contribution in [0.2, 0.25) is 0 Å². The minimum Gasteiger partial charge on any atom is -0.315 e. The van der Waals surface area contributed by atoms with E-state index in [0.29, 0.717) is 0 Å². The van der Waals surface area contributed by atoms with Gasteiger partial charge in [-0.1, -0.05) is 70.5 Å². The lowest BCUT2D eigenvalue weighted by Gasteiger charge is -2.60. The van der Waals surface area contributed by atoms with Gasteiger partial charge in [0.05, 0.1) is 6.20 Å². The number of rotatable bonds is 5. The zero-order chi connectivity index (χ0) is 21.6. The van der Waals surface area contributed by atoms with E-state index in [-0.39, 0.29) is 17.0 Å². The molecule has 0 N–H and O–H groups in total. The highest BCUT2D eigenvalue weighted by molar-refractivity contribution is 5.88. The van der Waals surface area contributed by atoms with E-state index in [9.17, 15) is 0 Å². The predicted molar refractivity (Wildman–Crippen MR) is 128 cm³/mol. The van der Waals surface area contributed by atoms with Crippen molar-refractivity contribution < 1.29 is 0 Å². The van der Waals surface area contributed by atoms with E-state index in [4.69, 9.17) is 4.98 Å². The molecule has 31 heavy (non-hydrogen) atoms. The number of aromatic nitrogens is 2. The SMILES string of the molecule is CCCC1(CC)c2ccccc2N2c3cncnc3N(c3ccccc3)C2C1(C)CC. The predicted octanol–water partition coefficient (Wildman–Crippen LogP) is 6.97. The molecule has 0 radical (unpaired) electrons. The van der Waals surface area contributed by atoms with Crippen LogP contribution in [0.15, 0.2) is 67.1 Å². The summed E-state index contributed by atoms with van der Waals surface area (Å²) in [6, 6.07) is 19.8. The largest absolute Gasteiger partial charge is 0.315 e. The van der Waals surface area contributed by atoms with Gasteiger partial charge >= 0.3 is 0 Å². The molecule has 3 heterocycles. The highest BCUT2D eigenvalue weighted by Gasteiger charge is 2.62. The molecular weight excluding hydrogens is 380 g/mol. The molecule has 160 valence electrons. The second kappa shape index (κ2) is 7.37. The Morgan fingerprint density at radius 2 is 1.61 bits per heavy atom. The first-order valence-electron chi connectivity index (χ1n) is 11.7. The molecule has 0 aliphatic carbocycles. The third kappa shape index (κ3) is 2.54. The number of para-hydroxylation sites is 2. The van der Waals surface area contributed by atoms with Crippen molar-refractivity contribution in [1.29, 1.82) is 0 Å². The van der Waals surface area contributed by atoms with Crippen molar-refractivity contribution in [1.82, 2.24) is 9.97 Å². The van der Waals surface area contributed by atoms with Gasteiger partial charge < -0.3 is 9.80 Å². The third-order valence-electron chi connectivity index (χ3n) is 8.04. The molecule has 4 nitrogen and oxygen atoms in total. The van der Waals surface area contributed by atoms with Gasteiger partial charge in [0, 0.05) is 22.2 Å². The normalized spacial score (nSPS) is 26.4. The van der Waals surface area contributed by atoms with Gasteiger partial charge in [-0.05, 0) is 43.0 Å². The fourth-order valence-electron chi connectivity index (χ4n) is 6.50. The Labute approximate surface area is 186 Å². The zero-order valence-corrected chi connectivity index (χ0v) is 19.0. The number of nitrogens with zero attached hydrogens (tertiary/aromatic N) is 4. The number of anilines is 4. The van der Waals surface area contributed by atoms with Crippen molar-refractivity contribution in [2.45, 2.75) is 65.0 Å². The maximum Gasteiger partial charge on any atom is 0.162 e. The molecule has 0 bridgehead atoms. The van der Waals surface area contributed by atoms with Crippen molar-refractivity contribution in [2.75, 3.05) is 9.80 Å². The molecular formula is C27H32N4. The van der Waals surface area contributed by atoms with Crippen LogP contribution in [-0.2, 0) is 5.41 Å². The topological polar surface area (TPSA) is 32.3 Å². The fraction of sp³-hybridized carbons (Fsp3) is 0.407. The van der Waals surface area contributed by atoms with Crippen LogP contribution in [0.4, 0.5) is 22.9 Å². The first kappa shape index (κ1) is 20.0. The van der Waals surface area contributed by atoms with Gasteiger partial charge in [0.1, 0.15) is 18.2 Å². The second-order valence-electron chi connectivity index (χ2n) is 9.15. The summed E-state index contributed by atoms with van der Waals surface area (Å²) in [5, 5.41) is 0. The van der Waals surface area contributed by atoms with E-state index < -0.39 is 0 Å². The van der Waals surface area contributed by atoms with Crippen LogP contribution in [0.3, 0.4) is 0 Å². The molecule has 2 aromatic carbocycles. The molecule has 3 aromatic rings. The van der Waals surface area contributed by atoms with Crippen molar-refractivity contribution >= 4 is 22.9 Å².